The molecule has 0 fully saturated rings. The van der Waals surface area contributed by atoms with Gasteiger partial charge in [0.05, 0.1) is 24.4 Å². The van der Waals surface area contributed by atoms with Crippen LogP contribution in [0.4, 0.5) is 0 Å². The summed E-state index contributed by atoms with van der Waals surface area (Å²) in [5.74, 6) is 0.474. The third kappa shape index (κ3) is 5.32. The number of hydrogen-bond donors (Lipinski definition) is 1. The van der Waals surface area contributed by atoms with Gasteiger partial charge >= 0.3 is 6.01 Å². The van der Waals surface area contributed by atoms with Gasteiger partial charge in [-0.15, -0.1) is 0 Å². The highest BCUT2D eigenvalue weighted by atomic mass is 79.9. The molecule has 21 heavy (non-hydrogen) atoms. The van der Waals surface area contributed by atoms with Crippen molar-refractivity contribution in [2.45, 2.75) is 13.0 Å². The van der Waals surface area contributed by atoms with E-state index in [-0.39, 0.29) is 0 Å². The van der Waals surface area contributed by atoms with Crippen molar-refractivity contribution in [3.63, 3.8) is 0 Å². The summed E-state index contributed by atoms with van der Waals surface area (Å²) in [6.07, 6.45) is 2.50. The molecule has 1 aromatic heterocycles. The first-order valence-corrected chi connectivity index (χ1v) is 7.53. The zero-order chi connectivity index (χ0) is 14.9. The lowest BCUT2D eigenvalue weighted by Crippen LogP contribution is -2.17. The number of benzene rings is 1. The molecule has 0 aliphatic rings. The molecule has 6 heteroatoms. The van der Waals surface area contributed by atoms with Crippen molar-refractivity contribution in [2.24, 2.45) is 0 Å². The highest BCUT2D eigenvalue weighted by molar-refractivity contribution is 9.10. The maximum Gasteiger partial charge on any atom is 0.319 e. The minimum absolute atomic E-state index is 0.332. The Bertz CT molecular complexity index is 552. The van der Waals surface area contributed by atoms with E-state index in [9.17, 15) is 0 Å². The van der Waals surface area contributed by atoms with Crippen molar-refractivity contribution in [3.05, 3.63) is 46.6 Å². The third-order valence-corrected chi connectivity index (χ3v) is 3.33. The molecule has 0 aliphatic carbocycles. The van der Waals surface area contributed by atoms with Gasteiger partial charge in [0.15, 0.2) is 0 Å². The molecule has 0 unspecified atom stereocenters. The summed E-state index contributed by atoms with van der Waals surface area (Å²) in [5, 5.41) is 3.37. The van der Waals surface area contributed by atoms with Gasteiger partial charge in [0.2, 0.25) is 5.88 Å². The fourth-order valence-corrected chi connectivity index (χ4v) is 2.09. The monoisotopic (exact) mass is 351 g/mol. The average Bonchev–Trinajstić information content (AvgIpc) is 2.53. The molecule has 2 aromatic rings. The maximum atomic E-state index is 5.49. The van der Waals surface area contributed by atoms with Gasteiger partial charge in [0.25, 0.3) is 0 Å². The number of halogens is 1. The summed E-state index contributed by atoms with van der Waals surface area (Å²) >= 11 is 3.30. The molecule has 0 saturated heterocycles. The summed E-state index contributed by atoms with van der Waals surface area (Å²) in [7, 11) is 1.56. The van der Waals surface area contributed by atoms with Crippen LogP contribution in [0.2, 0.25) is 0 Å². The lowest BCUT2D eigenvalue weighted by atomic mass is 10.2. The van der Waals surface area contributed by atoms with Gasteiger partial charge in [-0.2, -0.15) is 4.98 Å². The number of nitrogens with one attached hydrogen (secondary N) is 1. The second-order valence-corrected chi connectivity index (χ2v) is 5.23. The van der Waals surface area contributed by atoms with Crippen LogP contribution in [-0.4, -0.2) is 30.2 Å². The van der Waals surface area contributed by atoms with Crippen molar-refractivity contribution in [1.82, 2.24) is 15.3 Å². The highest BCUT2D eigenvalue weighted by Crippen LogP contribution is 2.22. The summed E-state index contributed by atoms with van der Waals surface area (Å²) in [6.45, 7) is 2.30. The van der Waals surface area contributed by atoms with Crippen LogP contribution in [0.3, 0.4) is 0 Å². The molecule has 2 rings (SSSR count). The SMILES string of the molecule is COc1nc(OCCCNCc2ccccc2)ncc1Br. The first kappa shape index (κ1) is 15.7. The summed E-state index contributed by atoms with van der Waals surface area (Å²) < 4.78 is 11.3. The van der Waals surface area contributed by atoms with Gasteiger partial charge < -0.3 is 14.8 Å². The molecular weight excluding hydrogens is 334 g/mol. The normalized spacial score (nSPS) is 10.4. The maximum absolute atomic E-state index is 5.49. The molecule has 0 atom stereocenters. The molecule has 0 aliphatic heterocycles. The fraction of sp³-hybridized carbons (Fsp3) is 0.333. The first-order valence-electron chi connectivity index (χ1n) is 6.73. The number of rotatable bonds is 8. The Hall–Kier alpha value is -1.66. The van der Waals surface area contributed by atoms with Gasteiger partial charge in [-0.05, 0) is 34.5 Å². The fourth-order valence-electron chi connectivity index (χ4n) is 1.74. The zero-order valence-electron chi connectivity index (χ0n) is 11.9. The van der Waals surface area contributed by atoms with Crippen LogP contribution in [0.25, 0.3) is 0 Å². The molecule has 112 valence electrons. The van der Waals surface area contributed by atoms with Crippen molar-refractivity contribution >= 4 is 15.9 Å². The minimum Gasteiger partial charge on any atom is -0.480 e. The van der Waals surface area contributed by atoms with E-state index < -0.39 is 0 Å². The van der Waals surface area contributed by atoms with Crippen LogP contribution in [0, 0.1) is 0 Å². The molecule has 0 radical (unpaired) electrons. The van der Waals surface area contributed by atoms with E-state index in [0.717, 1.165) is 19.5 Å². The Balaban J connectivity index is 1.63. The number of ether oxygens (including phenoxy) is 2. The van der Waals surface area contributed by atoms with Gasteiger partial charge in [-0.25, -0.2) is 4.98 Å². The van der Waals surface area contributed by atoms with Crippen LogP contribution >= 0.6 is 15.9 Å². The molecule has 0 spiro atoms. The first-order chi connectivity index (χ1) is 10.3. The molecule has 0 amide bonds. The molecule has 5 nitrogen and oxygen atoms in total. The molecule has 0 saturated carbocycles. The molecule has 0 bridgehead atoms. The highest BCUT2D eigenvalue weighted by Gasteiger charge is 2.05. The van der Waals surface area contributed by atoms with Gasteiger partial charge in [0.1, 0.15) is 0 Å². The Kier molecular flexibility index (Phi) is 6.43. The van der Waals surface area contributed by atoms with Crippen LogP contribution in [-0.2, 0) is 6.54 Å². The van der Waals surface area contributed by atoms with Crippen molar-refractivity contribution in [3.8, 4) is 11.9 Å². The van der Waals surface area contributed by atoms with E-state index >= 15 is 0 Å². The van der Waals surface area contributed by atoms with Gasteiger partial charge in [-0.1, -0.05) is 30.3 Å². The van der Waals surface area contributed by atoms with Crippen molar-refractivity contribution < 1.29 is 9.47 Å². The minimum atomic E-state index is 0.332. The Morgan fingerprint density at radius 3 is 2.81 bits per heavy atom. The average molecular weight is 352 g/mol. The summed E-state index contributed by atoms with van der Waals surface area (Å²) in [6, 6.07) is 10.6. The van der Waals surface area contributed by atoms with E-state index in [4.69, 9.17) is 9.47 Å². The summed E-state index contributed by atoms with van der Waals surface area (Å²) in [4.78, 5) is 8.20. The second-order valence-electron chi connectivity index (χ2n) is 4.37. The number of nitrogens with zero attached hydrogens (tertiary/aromatic N) is 2. The molecule has 1 heterocycles. The van der Waals surface area contributed by atoms with Crippen molar-refractivity contribution in [1.29, 1.82) is 0 Å². The topological polar surface area (TPSA) is 56.3 Å². The van der Waals surface area contributed by atoms with Gasteiger partial charge in [0, 0.05) is 6.54 Å². The standard InChI is InChI=1S/C15H18BrN3O2/c1-20-14-13(16)11-18-15(19-14)21-9-5-8-17-10-12-6-3-2-4-7-12/h2-4,6-7,11,17H,5,8-10H2,1H3. The number of aromatic nitrogens is 2. The van der Waals surface area contributed by atoms with Crippen molar-refractivity contribution in [2.75, 3.05) is 20.3 Å². The summed E-state index contributed by atoms with van der Waals surface area (Å²) in [5.41, 5.74) is 1.28. The Morgan fingerprint density at radius 1 is 1.24 bits per heavy atom. The van der Waals surface area contributed by atoms with Crippen LogP contribution in [0.15, 0.2) is 41.0 Å². The van der Waals surface area contributed by atoms with Crippen LogP contribution < -0.4 is 14.8 Å². The Morgan fingerprint density at radius 2 is 2.05 bits per heavy atom. The van der Waals surface area contributed by atoms with Crippen LogP contribution in [0.1, 0.15) is 12.0 Å². The number of methoxy groups -OCH3 is 1. The largest absolute Gasteiger partial charge is 0.480 e. The van der Waals surface area contributed by atoms with E-state index in [0.29, 0.717) is 23.0 Å². The number of hydrogen-bond acceptors (Lipinski definition) is 5. The third-order valence-electron chi connectivity index (χ3n) is 2.78. The quantitative estimate of drug-likeness (QED) is 0.741. The van der Waals surface area contributed by atoms with E-state index in [1.165, 1.54) is 5.56 Å². The van der Waals surface area contributed by atoms with Gasteiger partial charge in [-0.3, -0.25) is 0 Å². The molecule has 1 N–H and O–H groups in total. The van der Waals surface area contributed by atoms with E-state index in [2.05, 4.69) is 43.3 Å². The second kappa shape index (κ2) is 8.59. The smallest absolute Gasteiger partial charge is 0.319 e. The van der Waals surface area contributed by atoms with E-state index in [1.54, 1.807) is 13.3 Å². The Labute approximate surface area is 132 Å². The predicted octanol–water partition coefficient (Wildman–Crippen LogP) is 2.81. The zero-order valence-corrected chi connectivity index (χ0v) is 13.5. The lowest BCUT2D eigenvalue weighted by Gasteiger charge is -2.07. The lowest BCUT2D eigenvalue weighted by molar-refractivity contribution is 0.277. The van der Waals surface area contributed by atoms with E-state index in [1.807, 2.05) is 18.2 Å². The molecular formula is C15H18BrN3O2. The predicted molar refractivity (Wildman–Crippen MR) is 84.5 cm³/mol. The van der Waals surface area contributed by atoms with Crippen LogP contribution in [0.5, 0.6) is 11.9 Å². The molecule has 1 aromatic carbocycles.